The normalized spacial score (nSPS) is 14.8. The third kappa shape index (κ3) is 2.03. The Balaban J connectivity index is 2.13. The average molecular weight is 257 g/mol. The predicted molar refractivity (Wildman–Crippen MR) is 75.5 cm³/mol. The lowest BCUT2D eigenvalue weighted by Gasteiger charge is -2.25. The van der Waals surface area contributed by atoms with Crippen LogP contribution in [0.25, 0.3) is 10.9 Å². The molecule has 2 heterocycles. The molecular formula is C16H19NO2. The van der Waals surface area contributed by atoms with Gasteiger partial charge in [0.25, 0.3) is 0 Å². The summed E-state index contributed by atoms with van der Waals surface area (Å²) in [5.74, 6) is -0.740. The highest BCUT2D eigenvalue weighted by molar-refractivity contribution is 5.85. The van der Waals surface area contributed by atoms with Crippen molar-refractivity contribution in [3.8, 4) is 0 Å². The number of hydrogen-bond acceptors (Lipinski definition) is 1. The number of carbonyl (C=O) groups is 1. The van der Waals surface area contributed by atoms with Crippen LogP contribution in [0.3, 0.4) is 0 Å². The van der Waals surface area contributed by atoms with Gasteiger partial charge < -0.3 is 9.67 Å². The van der Waals surface area contributed by atoms with E-state index in [0.717, 1.165) is 18.5 Å². The van der Waals surface area contributed by atoms with Crippen molar-refractivity contribution in [1.29, 1.82) is 0 Å². The fourth-order valence-electron chi connectivity index (χ4n) is 3.13. The molecule has 0 atom stereocenters. The van der Waals surface area contributed by atoms with Crippen molar-refractivity contribution in [2.45, 2.75) is 45.1 Å². The van der Waals surface area contributed by atoms with Crippen molar-refractivity contribution in [3.63, 3.8) is 0 Å². The molecule has 3 rings (SSSR count). The summed E-state index contributed by atoms with van der Waals surface area (Å²) in [6, 6.07) is 6.51. The third-order valence-corrected chi connectivity index (χ3v) is 4.16. The molecule has 1 N–H and O–H groups in total. The average Bonchev–Trinajstić information content (AvgIpc) is 2.73. The summed E-state index contributed by atoms with van der Waals surface area (Å²) in [5.41, 5.74) is 3.51. The van der Waals surface area contributed by atoms with E-state index in [1.165, 1.54) is 22.9 Å². The van der Waals surface area contributed by atoms with Crippen molar-refractivity contribution < 1.29 is 9.90 Å². The number of benzene rings is 1. The quantitative estimate of drug-likeness (QED) is 0.916. The Morgan fingerprint density at radius 2 is 2.21 bits per heavy atom. The Morgan fingerprint density at radius 3 is 2.95 bits per heavy atom. The van der Waals surface area contributed by atoms with Crippen LogP contribution in [0.5, 0.6) is 0 Å². The minimum absolute atomic E-state index is 0.165. The summed E-state index contributed by atoms with van der Waals surface area (Å²) in [5, 5.41) is 10.3. The highest BCUT2D eigenvalue weighted by atomic mass is 16.4. The predicted octanol–water partition coefficient (Wildman–Crippen LogP) is 3.34. The lowest BCUT2D eigenvalue weighted by Crippen LogP contribution is -2.22. The maximum Gasteiger partial charge on any atom is 0.304 e. The van der Waals surface area contributed by atoms with Gasteiger partial charge in [0.2, 0.25) is 0 Å². The van der Waals surface area contributed by atoms with Crippen molar-refractivity contribution in [3.05, 3.63) is 35.5 Å². The van der Waals surface area contributed by atoms with Crippen molar-refractivity contribution in [2.24, 2.45) is 0 Å². The Hall–Kier alpha value is -1.77. The van der Waals surface area contributed by atoms with E-state index in [1.807, 2.05) is 13.8 Å². The van der Waals surface area contributed by atoms with Gasteiger partial charge in [-0.25, -0.2) is 0 Å². The van der Waals surface area contributed by atoms with E-state index in [1.54, 1.807) is 0 Å². The third-order valence-electron chi connectivity index (χ3n) is 4.16. The topological polar surface area (TPSA) is 42.2 Å². The van der Waals surface area contributed by atoms with E-state index in [4.69, 9.17) is 5.11 Å². The first-order valence-corrected chi connectivity index (χ1v) is 6.81. The van der Waals surface area contributed by atoms with Gasteiger partial charge in [0.1, 0.15) is 0 Å². The minimum Gasteiger partial charge on any atom is -0.481 e. The van der Waals surface area contributed by atoms with Gasteiger partial charge in [0.05, 0.1) is 11.9 Å². The zero-order valence-electron chi connectivity index (χ0n) is 11.4. The van der Waals surface area contributed by atoms with Gasteiger partial charge in [-0.2, -0.15) is 0 Å². The molecule has 19 heavy (non-hydrogen) atoms. The van der Waals surface area contributed by atoms with Crippen molar-refractivity contribution in [1.82, 2.24) is 4.57 Å². The number of carboxylic acid groups (broad SMARTS) is 1. The molecule has 1 aliphatic rings. The molecule has 0 saturated heterocycles. The molecule has 0 spiro atoms. The van der Waals surface area contributed by atoms with Crippen LogP contribution in [0.2, 0.25) is 0 Å². The van der Waals surface area contributed by atoms with Crippen LogP contribution < -0.4 is 0 Å². The lowest BCUT2D eigenvalue weighted by atomic mass is 9.80. The van der Waals surface area contributed by atoms with E-state index in [-0.39, 0.29) is 11.8 Å². The molecule has 0 bridgehead atoms. The molecule has 0 radical (unpaired) electrons. The van der Waals surface area contributed by atoms with Gasteiger partial charge in [-0.1, -0.05) is 19.9 Å². The first-order chi connectivity index (χ1) is 8.97. The number of aliphatic carboxylic acids is 1. The highest BCUT2D eigenvalue weighted by Crippen LogP contribution is 2.34. The van der Waals surface area contributed by atoms with Gasteiger partial charge in [-0.05, 0) is 36.1 Å². The minimum atomic E-state index is -0.740. The number of aryl methyl sites for hydroxylation is 2. The molecule has 0 fully saturated rings. The van der Waals surface area contributed by atoms with E-state index in [9.17, 15) is 4.79 Å². The maximum absolute atomic E-state index is 11.0. The molecule has 0 aliphatic carbocycles. The van der Waals surface area contributed by atoms with Gasteiger partial charge in [-0.3, -0.25) is 4.79 Å². The Kier molecular flexibility index (Phi) is 2.66. The summed E-state index contributed by atoms with van der Waals surface area (Å²) < 4.78 is 2.31. The number of carboxylic acids is 1. The molecular weight excluding hydrogens is 238 g/mol. The largest absolute Gasteiger partial charge is 0.481 e. The molecule has 0 unspecified atom stereocenters. The second kappa shape index (κ2) is 4.12. The lowest BCUT2D eigenvalue weighted by molar-refractivity contribution is -0.138. The zero-order valence-corrected chi connectivity index (χ0v) is 11.4. The van der Waals surface area contributed by atoms with E-state index in [2.05, 4.69) is 29.0 Å². The fraction of sp³-hybridized carbons (Fsp3) is 0.438. The van der Waals surface area contributed by atoms with Gasteiger partial charge in [0.15, 0.2) is 0 Å². The molecule has 100 valence electrons. The molecule has 1 aromatic carbocycles. The first kappa shape index (κ1) is 12.3. The molecule has 0 amide bonds. The Bertz CT molecular complexity index is 652. The van der Waals surface area contributed by atoms with Crippen LogP contribution in [0.15, 0.2) is 24.4 Å². The summed E-state index contributed by atoms with van der Waals surface area (Å²) >= 11 is 0. The van der Waals surface area contributed by atoms with Crippen molar-refractivity contribution in [2.75, 3.05) is 0 Å². The Morgan fingerprint density at radius 1 is 1.42 bits per heavy atom. The molecule has 1 aliphatic heterocycles. The molecule has 2 aromatic rings. The van der Waals surface area contributed by atoms with Crippen LogP contribution in [0.1, 0.15) is 37.8 Å². The van der Waals surface area contributed by atoms with Crippen molar-refractivity contribution >= 4 is 16.9 Å². The summed E-state index contributed by atoms with van der Waals surface area (Å²) in [7, 11) is 0. The Labute approximate surface area is 112 Å². The van der Waals surface area contributed by atoms with Crippen LogP contribution in [-0.4, -0.2) is 15.6 Å². The maximum atomic E-state index is 11.0. The van der Waals surface area contributed by atoms with Crippen LogP contribution >= 0.6 is 0 Å². The van der Waals surface area contributed by atoms with Crippen LogP contribution in [0, 0.1) is 0 Å². The SMILES string of the molecule is CC(C)(CC(=O)O)c1cc2c3c(ccn3CCC2)c1. The summed E-state index contributed by atoms with van der Waals surface area (Å²) in [4.78, 5) is 11.0. The van der Waals surface area contributed by atoms with Crippen LogP contribution in [-0.2, 0) is 23.2 Å². The van der Waals surface area contributed by atoms with Gasteiger partial charge >= 0.3 is 5.97 Å². The van der Waals surface area contributed by atoms with Crippen LogP contribution in [0.4, 0.5) is 0 Å². The monoisotopic (exact) mass is 257 g/mol. The van der Waals surface area contributed by atoms with E-state index < -0.39 is 5.97 Å². The van der Waals surface area contributed by atoms with E-state index in [0.29, 0.717) is 0 Å². The highest BCUT2D eigenvalue weighted by Gasteiger charge is 2.26. The number of nitrogens with zero attached hydrogens (tertiary/aromatic N) is 1. The first-order valence-electron chi connectivity index (χ1n) is 6.81. The second-order valence-corrected chi connectivity index (χ2v) is 6.14. The second-order valence-electron chi connectivity index (χ2n) is 6.14. The molecule has 3 nitrogen and oxygen atoms in total. The summed E-state index contributed by atoms with van der Waals surface area (Å²) in [6.45, 7) is 5.11. The molecule has 3 heteroatoms. The van der Waals surface area contributed by atoms with Gasteiger partial charge in [0, 0.05) is 23.5 Å². The number of rotatable bonds is 3. The zero-order chi connectivity index (χ0) is 13.6. The number of aromatic nitrogens is 1. The smallest absolute Gasteiger partial charge is 0.304 e. The van der Waals surface area contributed by atoms with E-state index >= 15 is 0 Å². The molecule has 1 aromatic heterocycles. The summed E-state index contributed by atoms with van der Waals surface area (Å²) in [6.07, 6.45) is 4.57. The van der Waals surface area contributed by atoms with Gasteiger partial charge in [-0.15, -0.1) is 0 Å². The molecule has 0 saturated carbocycles. The number of hydrogen-bond donors (Lipinski definition) is 1. The fourth-order valence-corrected chi connectivity index (χ4v) is 3.13. The standard InChI is InChI=1S/C16H19NO2/c1-16(2,10-14(18)19)13-8-11-4-3-6-17-7-5-12(9-13)15(11)17/h5,7-9H,3-4,6,10H2,1-2H3,(H,18,19).